The summed E-state index contributed by atoms with van der Waals surface area (Å²) in [5.41, 5.74) is 0. The third-order valence-corrected chi connectivity index (χ3v) is 3.57. The van der Waals surface area contributed by atoms with Gasteiger partial charge in [0.05, 0.1) is 22.7 Å². The van der Waals surface area contributed by atoms with Crippen LogP contribution in [0.3, 0.4) is 0 Å². The highest BCUT2D eigenvalue weighted by Gasteiger charge is 2.19. The second kappa shape index (κ2) is 8.55. The molecule has 0 saturated heterocycles. The summed E-state index contributed by atoms with van der Waals surface area (Å²) >= 11 is 12.5. The van der Waals surface area contributed by atoms with E-state index >= 15 is 0 Å². The minimum absolute atomic E-state index is 0.190. The summed E-state index contributed by atoms with van der Waals surface area (Å²) < 4.78 is 5.21. The van der Waals surface area contributed by atoms with Gasteiger partial charge in [0.15, 0.2) is 0 Å². The lowest BCUT2D eigenvalue weighted by Gasteiger charge is -2.29. The number of nitrogens with zero attached hydrogens (tertiary/aromatic N) is 2. The molecule has 0 bridgehead atoms. The van der Waals surface area contributed by atoms with E-state index in [4.69, 9.17) is 27.9 Å². The number of likely N-dealkylation sites (N-methyl/N-ethyl adjacent to an activating group) is 1. The molecule has 1 atom stereocenters. The molecule has 1 rings (SSSR count). The van der Waals surface area contributed by atoms with Crippen molar-refractivity contribution in [3.05, 3.63) is 16.1 Å². The first-order valence-electron chi connectivity index (χ1n) is 6.90. The quantitative estimate of drug-likeness (QED) is 0.783. The first-order valence-corrected chi connectivity index (χ1v) is 7.66. The molecule has 0 saturated carbocycles. The molecule has 0 aliphatic carbocycles. The van der Waals surface area contributed by atoms with Gasteiger partial charge in [-0.1, -0.05) is 30.1 Å². The largest absolute Gasteiger partial charge is 0.383 e. The maximum Gasteiger partial charge on any atom is 0.150 e. The number of halogens is 2. The zero-order valence-corrected chi connectivity index (χ0v) is 14.1. The SMILES string of the molecule is CCCNc1nc(N(CC)C(C)COC)c(Cl)cc1Cl. The van der Waals surface area contributed by atoms with Gasteiger partial charge in [-0.2, -0.15) is 0 Å². The normalized spacial score (nSPS) is 12.3. The average Bonchev–Trinajstić information content (AvgIpc) is 2.41. The second-order valence-electron chi connectivity index (χ2n) is 4.64. The highest BCUT2D eigenvalue weighted by Crippen LogP contribution is 2.32. The number of ether oxygens (including phenoxy) is 1. The smallest absolute Gasteiger partial charge is 0.150 e. The number of rotatable bonds is 8. The molecule has 1 heterocycles. The number of methoxy groups -OCH3 is 1. The Bertz CT molecular complexity index is 429. The van der Waals surface area contributed by atoms with E-state index in [1.165, 1.54) is 0 Å². The van der Waals surface area contributed by atoms with Crippen molar-refractivity contribution in [2.24, 2.45) is 0 Å². The maximum absolute atomic E-state index is 6.30. The predicted octanol–water partition coefficient (Wildman–Crippen LogP) is 4.07. The molecular formula is C14H23Cl2N3O. The first kappa shape index (κ1) is 17.3. The summed E-state index contributed by atoms with van der Waals surface area (Å²) in [5, 5.41) is 4.32. The van der Waals surface area contributed by atoms with Crippen LogP contribution in [0.2, 0.25) is 10.0 Å². The topological polar surface area (TPSA) is 37.4 Å². The van der Waals surface area contributed by atoms with E-state index < -0.39 is 0 Å². The van der Waals surface area contributed by atoms with Crippen molar-refractivity contribution in [2.75, 3.05) is 37.0 Å². The van der Waals surface area contributed by atoms with Gasteiger partial charge in [0.1, 0.15) is 11.6 Å². The molecule has 20 heavy (non-hydrogen) atoms. The molecule has 1 N–H and O–H groups in total. The van der Waals surface area contributed by atoms with Crippen LogP contribution in [0.5, 0.6) is 0 Å². The molecule has 0 aromatic carbocycles. The van der Waals surface area contributed by atoms with E-state index in [-0.39, 0.29) is 6.04 Å². The van der Waals surface area contributed by atoms with Gasteiger partial charge >= 0.3 is 0 Å². The van der Waals surface area contributed by atoms with Crippen molar-refractivity contribution < 1.29 is 4.74 Å². The van der Waals surface area contributed by atoms with Crippen LogP contribution in [-0.2, 0) is 4.74 Å². The van der Waals surface area contributed by atoms with E-state index in [1.807, 2.05) is 0 Å². The molecule has 0 spiro atoms. The van der Waals surface area contributed by atoms with Gasteiger partial charge in [-0.05, 0) is 26.3 Å². The predicted molar refractivity (Wildman–Crippen MR) is 87.4 cm³/mol. The summed E-state index contributed by atoms with van der Waals surface area (Å²) in [6.07, 6.45) is 1.01. The Morgan fingerprint density at radius 2 is 2.05 bits per heavy atom. The van der Waals surface area contributed by atoms with Gasteiger partial charge in [-0.25, -0.2) is 4.98 Å². The summed E-state index contributed by atoms with van der Waals surface area (Å²) in [5.74, 6) is 1.41. The lowest BCUT2D eigenvalue weighted by Crippen LogP contribution is -2.37. The molecule has 0 fully saturated rings. The third kappa shape index (κ3) is 4.40. The zero-order chi connectivity index (χ0) is 15.1. The molecular weight excluding hydrogens is 297 g/mol. The Balaban J connectivity index is 3.07. The fourth-order valence-corrected chi connectivity index (χ4v) is 2.56. The number of pyridine rings is 1. The van der Waals surface area contributed by atoms with Crippen molar-refractivity contribution in [3.8, 4) is 0 Å². The summed E-state index contributed by atoms with van der Waals surface area (Å²) in [6, 6.07) is 1.93. The molecule has 0 amide bonds. The van der Waals surface area contributed by atoms with Gasteiger partial charge < -0.3 is 15.0 Å². The molecule has 0 aliphatic rings. The molecule has 114 valence electrons. The van der Waals surface area contributed by atoms with Crippen molar-refractivity contribution in [1.29, 1.82) is 0 Å². The van der Waals surface area contributed by atoms with Crippen LogP contribution in [-0.4, -0.2) is 37.8 Å². The van der Waals surface area contributed by atoms with Crippen LogP contribution in [0.25, 0.3) is 0 Å². The van der Waals surface area contributed by atoms with E-state index in [2.05, 4.69) is 36.0 Å². The van der Waals surface area contributed by atoms with Crippen LogP contribution in [0, 0.1) is 0 Å². The summed E-state index contributed by atoms with van der Waals surface area (Å²) in [4.78, 5) is 6.69. The Morgan fingerprint density at radius 3 is 2.60 bits per heavy atom. The maximum atomic E-state index is 6.30. The summed E-state index contributed by atoms with van der Waals surface area (Å²) in [6.45, 7) is 8.49. The van der Waals surface area contributed by atoms with Gasteiger partial charge in [-0.15, -0.1) is 0 Å². The van der Waals surface area contributed by atoms with Crippen LogP contribution in [0.1, 0.15) is 27.2 Å². The van der Waals surface area contributed by atoms with E-state index in [0.29, 0.717) is 22.5 Å². The van der Waals surface area contributed by atoms with Crippen LogP contribution in [0.4, 0.5) is 11.6 Å². The molecule has 0 radical (unpaired) electrons. The number of aromatic nitrogens is 1. The fourth-order valence-electron chi connectivity index (χ4n) is 2.03. The van der Waals surface area contributed by atoms with Crippen molar-refractivity contribution in [1.82, 2.24) is 4.98 Å². The highest BCUT2D eigenvalue weighted by atomic mass is 35.5. The third-order valence-electron chi connectivity index (χ3n) is 3.01. The summed E-state index contributed by atoms with van der Waals surface area (Å²) in [7, 11) is 1.69. The van der Waals surface area contributed by atoms with E-state index in [9.17, 15) is 0 Å². The van der Waals surface area contributed by atoms with Gasteiger partial charge in [0.2, 0.25) is 0 Å². The van der Waals surface area contributed by atoms with E-state index in [0.717, 1.165) is 25.3 Å². The highest BCUT2D eigenvalue weighted by molar-refractivity contribution is 6.37. The van der Waals surface area contributed by atoms with Gasteiger partial charge in [-0.3, -0.25) is 0 Å². The first-order chi connectivity index (χ1) is 9.54. The molecule has 4 nitrogen and oxygen atoms in total. The molecule has 1 aromatic heterocycles. The monoisotopic (exact) mass is 319 g/mol. The fraction of sp³-hybridized carbons (Fsp3) is 0.643. The molecule has 0 aliphatic heterocycles. The average molecular weight is 320 g/mol. The van der Waals surface area contributed by atoms with Crippen LogP contribution >= 0.6 is 23.2 Å². The number of hydrogen-bond acceptors (Lipinski definition) is 4. The lowest BCUT2D eigenvalue weighted by atomic mass is 10.2. The Kier molecular flexibility index (Phi) is 7.41. The van der Waals surface area contributed by atoms with Crippen molar-refractivity contribution in [2.45, 2.75) is 33.2 Å². The number of anilines is 2. The van der Waals surface area contributed by atoms with Crippen molar-refractivity contribution >= 4 is 34.8 Å². The minimum Gasteiger partial charge on any atom is -0.383 e. The molecule has 6 heteroatoms. The van der Waals surface area contributed by atoms with Crippen molar-refractivity contribution in [3.63, 3.8) is 0 Å². The van der Waals surface area contributed by atoms with Crippen LogP contribution in [0.15, 0.2) is 6.07 Å². The number of hydrogen-bond donors (Lipinski definition) is 1. The van der Waals surface area contributed by atoms with E-state index in [1.54, 1.807) is 13.2 Å². The Labute approximate surface area is 131 Å². The minimum atomic E-state index is 0.190. The Morgan fingerprint density at radius 1 is 1.35 bits per heavy atom. The molecule has 1 aromatic rings. The zero-order valence-electron chi connectivity index (χ0n) is 12.5. The standard InChI is InChI=1S/C14H23Cl2N3O/c1-5-7-17-13-11(15)8-12(16)14(18-13)19(6-2)10(3)9-20-4/h8,10H,5-7,9H2,1-4H3,(H,17,18). The van der Waals surface area contributed by atoms with Crippen LogP contribution < -0.4 is 10.2 Å². The molecule has 1 unspecified atom stereocenters. The second-order valence-corrected chi connectivity index (χ2v) is 5.46. The lowest BCUT2D eigenvalue weighted by molar-refractivity contribution is 0.181. The van der Waals surface area contributed by atoms with Gasteiger partial charge in [0.25, 0.3) is 0 Å². The Hall–Kier alpha value is -0.710. The van der Waals surface area contributed by atoms with Gasteiger partial charge in [0, 0.05) is 20.2 Å². The number of nitrogens with one attached hydrogen (secondary N) is 1.